The first-order valence-corrected chi connectivity index (χ1v) is 8.68. The van der Waals surface area contributed by atoms with Crippen LogP contribution in [0.3, 0.4) is 0 Å². The molecule has 6 nitrogen and oxygen atoms in total. The molecule has 0 aliphatic carbocycles. The highest BCUT2D eigenvalue weighted by molar-refractivity contribution is 7.12. The summed E-state index contributed by atoms with van der Waals surface area (Å²) in [5.74, 6) is -1.91. The van der Waals surface area contributed by atoms with Crippen molar-refractivity contribution in [3.8, 4) is 0 Å². The Bertz CT molecular complexity index is 587. The van der Waals surface area contributed by atoms with E-state index in [2.05, 4.69) is 5.32 Å². The molecular weight excluding hydrogens is 316 g/mol. The number of hydrogen-bond donors (Lipinski definition) is 2. The normalized spacial score (nSPS) is 22.7. The lowest BCUT2D eigenvalue weighted by Crippen LogP contribution is -2.61. The molecule has 23 heavy (non-hydrogen) atoms. The lowest BCUT2D eigenvalue weighted by molar-refractivity contribution is -0.156. The molecule has 1 amide bonds. The summed E-state index contributed by atoms with van der Waals surface area (Å²) in [5, 5.41) is 14.1. The Morgan fingerprint density at radius 1 is 1.48 bits per heavy atom. The fourth-order valence-electron chi connectivity index (χ4n) is 3.17. The fourth-order valence-corrected chi connectivity index (χ4v) is 3.80. The smallest absolute Gasteiger partial charge is 0.332 e. The predicted molar refractivity (Wildman–Crippen MR) is 87.7 cm³/mol. The standard InChI is InChI=1S/C16H22N2O4S/c1-3-8-18-9-5-7-16(18,15(21)22)13(19)11(2)17-14(20)12-6-4-10-23-12/h4,6,10-11H,3,5,7-9H2,1-2H3,(H,17,20)(H,21,22)/t11-,16+/m0/s1. The van der Waals surface area contributed by atoms with Crippen LogP contribution in [0.5, 0.6) is 0 Å². The van der Waals surface area contributed by atoms with Gasteiger partial charge in [-0.3, -0.25) is 14.5 Å². The number of likely N-dealkylation sites (tertiary alicyclic amines) is 1. The highest BCUT2D eigenvalue weighted by atomic mass is 32.1. The summed E-state index contributed by atoms with van der Waals surface area (Å²) in [6.07, 6.45) is 1.74. The number of hydrogen-bond acceptors (Lipinski definition) is 5. The number of ketones is 1. The molecule has 2 rings (SSSR count). The van der Waals surface area contributed by atoms with Crippen LogP contribution in [0.15, 0.2) is 17.5 Å². The van der Waals surface area contributed by atoms with Crippen LogP contribution in [0.4, 0.5) is 0 Å². The van der Waals surface area contributed by atoms with Crippen LogP contribution in [0.2, 0.25) is 0 Å². The molecule has 1 aliphatic heterocycles. The van der Waals surface area contributed by atoms with Crippen LogP contribution < -0.4 is 5.32 Å². The Morgan fingerprint density at radius 2 is 2.22 bits per heavy atom. The molecule has 2 N–H and O–H groups in total. The van der Waals surface area contributed by atoms with Gasteiger partial charge in [0.05, 0.1) is 10.9 Å². The quantitative estimate of drug-likeness (QED) is 0.740. The number of amides is 1. The Morgan fingerprint density at radius 3 is 2.78 bits per heavy atom. The van der Waals surface area contributed by atoms with Crippen molar-refractivity contribution in [3.63, 3.8) is 0 Å². The van der Waals surface area contributed by atoms with E-state index >= 15 is 0 Å². The van der Waals surface area contributed by atoms with Crippen molar-refractivity contribution in [1.29, 1.82) is 0 Å². The molecule has 1 aromatic heterocycles. The van der Waals surface area contributed by atoms with E-state index in [9.17, 15) is 19.5 Å². The molecule has 0 radical (unpaired) electrons. The maximum absolute atomic E-state index is 12.9. The lowest BCUT2D eigenvalue weighted by atomic mass is 9.86. The molecule has 1 fully saturated rings. The summed E-state index contributed by atoms with van der Waals surface area (Å²) in [4.78, 5) is 39.1. The summed E-state index contributed by atoms with van der Waals surface area (Å²) >= 11 is 1.28. The molecule has 7 heteroatoms. The topological polar surface area (TPSA) is 86.7 Å². The van der Waals surface area contributed by atoms with Gasteiger partial charge in [-0.1, -0.05) is 13.0 Å². The third-order valence-corrected chi connectivity index (χ3v) is 5.12. The largest absolute Gasteiger partial charge is 0.480 e. The molecule has 1 aliphatic rings. The Labute approximate surface area is 139 Å². The summed E-state index contributed by atoms with van der Waals surface area (Å²) in [7, 11) is 0. The number of nitrogens with one attached hydrogen (secondary N) is 1. The van der Waals surface area contributed by atoms with Gasteiger partial charge in [0.25, 0.3) is 5.91 Å². The molecule has 1 saturated heterocycles. The van der Waals surface area contributed by atoms with E-state index in [1.807, 2.05) is 6.92 Å². The van der Waals surface area contributed by atoms with Crippen LogP contribution in [-0.2, 0) is 9.59 Å². The van der Waals surface area contributed by atoms with Gasteiger partial charge in [0, 0.05) is 0 Å². The van der Waals surface area contributed by atoms with Gasteiger partial charge in [0.15, 0.2) is 11.3 Å². The second-order valence-electron chi connectivity index (χ2n) is 5.79. The molecule has 2 heterocycles. The van der Waals surface area contributed by atoms with Crippen molar-refractivity contribution in [3.05, 3.63) is 22.4 Å². The second-order valence-corrected chi connectivity index (χ2v) is 6.74. The van der Waals surface area contributed by atoms with E-state index < -0.39 is 23.3 Å². The van der Waals surface area contributed by atoms with E-state index in [1.54, 1.807) is 29.3 Å². The monoisotopic (exact) mass is 338 g/mol. The maximum Gasteiger partial charge on any atom is 0.332 e. The van der Waals surface area contributed by atoms with Crippen LogP contribution in [-0.4, -0.2) is 52.3 Å². The Balaban J connectivity index is 2.17. The Kier molecular flexibility index (Phi) is 5.54. The molecule has 1 aromatic rings. The summed E-state index contributed by atoms with van der Waals surface area (Å²) in [5.41, 5.74) is -1.52. The van der Waals surface area contributed by atoms with Crippen LogP contribution in [0.1, 0.15) is 42.8 Å². The zero-order valence-electron chi connectivity index (χ0n) is 13.4. The highest BCUT2D eigenvalue weighted by Gasteiger charge is 2.54. The van der Waals surface area contributed by atoms with Crippen molar-refractivity contribution in [2.75, 3.05) is 13.1 Å². The van der Waals surface area contributed by atoms with Gasteiger partial charge >= 0.3 is 5.97 Å². The molecule has 0 spiro atoms. The van der Waals surface area contributed by atoms with Gasteiger partial charge in [-0.2, -0.15) is 0 Å². The van der Waals surface area contributed by atoms with Crippen molar-refractivity contribution >= 4 is 29.0 Å². The van der Waals surface area contributed by atoms with Gasteiger partial charge in [-0.25, -0.2) is 4.79 Å². The van der Waals surface area contributed by atoms with Crippen molar-refractivity contribution < 1.29 is 19.5 Å². The van der Waals surface area contributed by atoms with Crippen molar-refractivity contribution in [2.45, 2.75) is 44.7 Å². The van der Waals surface area contributed by atoms with Crippen molar-refractivity contribution in [1.82, 2.24) is 10.2 Å². The minimum Gasteiger partial charge on any atom is -0.480 e. The number of rotatable bonds is 7. The number of carboxylic acid groups (broad SMARTS) is 1. The zero-order valence-corrected chi connectivity index (χ0v) is 14.2. The molecule has 2 atom stereocenters. The van der Waals surface area contributed by atoms with E-state index in [4.69, 9.17) is 0 Å². The predicted octanol–water partition coefficient (Wildman–Crippen LogP) is 1.76. The molecule has 126 valence electrons. The first-order valence-electron chi connectivity index (χ1n) is 7.80. The number of nitrogens with zero attached hydrogens (tertiary/aromatic N) is 1. The molecule has 0 saturated carbocycles. The number of thiophene rings is 1. The van der Waals surface area contributed by atoms with Gasteiger partial charge in [-0.15, -0.1) is 11.3 Å². The van der Waals surface area contributed by atoms with E-state index in [1.165, 1.54) is 11.3 Å². The van der Waals surface area contributed by atoms with Gasteiger partial charge < -0.3 is 10.4 Å². The second kappa shape index (κ2) is 7.23. The van der Waals surface area contributed by atoms with Gasteiger partial charge in [-0.05, 0) is 50.7 Å². The number of aliphatic carboxylic acids is 1. The van der Waals surface area contributed by atoms with Crippen molar-refractivity contribution in [2.24, 2.45) is 0 Å². The average Bonchev–Trinajstić information content (AvgIpc) is 3.16. The lowest BCUT2D eigenvalue weighted by Gasteiger charge is -2.35. The van der Waals surface area contributed by atoms with Crippen LogP contribution >= 0.6 is 11.3 Å². The molecule has 0 aromatic carbocycles. The average molecular weight is 338 g/mol. The van der Waals surface area contributed by atoms with E-state index in [0.717, 1.165) is 6.42 Å². The molecule has 0 unspecified atom stereocenters. The molecular formula is C16H22N2O4S. The van der Waals surface area contributed by atoms with Gasteiger partial charge in [0.2, 0.25) is 0 Å². The minimum atomic E-state index is -1.52. The minimum absolute atomic E-state index is 0.292. The highest BCUT2D eigenvalue weighted by Crippen LogP contribution is 2.32. The summed E-state index contributed by atoms with van der Waals surface area (Å²) < 4.78 is 0. The number of carbonyl (C=O) groups excluding carboxylic acids is 2. The van der Waals surface area contributed by atoms with Crippen LogP contribution in [0, 0.1) is 0 Å². The van der Waals surface area contributed by atoms with E-state index in [0.29, 0.717) is 30.8 Å². The fraction of sp³-hybridized carbons (Fsp3) is 0.562. The third kappa shape index (κ3) is 3.30. The molecule has 0 bridgehead atoms. The zero-order chi connectivity index (χ0) is 17.0. The van der Waals surface area contributed by atoms with E-state index in [-0.39, 0.29) is 5.91 Å². The van der Waals surface area contributed by atoms with Crippen LogP contribution in [0.25, 0.3) is 0 Å². The number of carbonyl (C=O) groups is 3. The third-order valence-electron chi connectivity index (χ3n) is 4.25. The number of Topliss-reactive ketones (excluding diaryl/α,β-unsaturated/α-hetero) is 1. The first kappa shape index (κ1) is 17.6. The van der Waals surface area contributed by atoms with Gasteiger partial charge in [0.1, 0.15) is 0 Å². The summed E-state index contributed by atoms with van der Waals surface area (Å²) in [6.45, 7) is 4.67. The SMILES string of the molecule is CCCN1CCC[C@]1(C(=O)O)C(=O)[C@H](C)NC(=O)c1cccs1. The summed E-state index contributed by atoms with van der Waals surface area (Å²) in [6, 6.07) is 2.58. The maximum atomic E-state index is 12.9. The Hall–Kier alpha value is -1.73. The first-order chi connectivity index (χ1) is 10.9. The number of carboxylic acids is 1.